The fourth-order valence-corrected chi connectivity index (χ4v) is 2.78. The summed E-state index contributed by atoms with van der Waals surface area (Å²) in [5.41, 5.74) is 0.692. The van der Waals surface area contributed by atoms with E-state index in [-0.39, 0.29) is 17.2 Å². The molecule has 1 aliphatic rings. The van der Waals surface area contributed by atoms with Crippen molar-refractivity contribution in [2.75, 3.05) is 7.11 Å². The number of carboxylic acid groups (broad SMARTS) is 1. The number of carboxylic acids is 1. The van der Waals surface area contributed by atoms with Crippen LogP contribution >= 0.6 is 11.3 Å². The first-order chi connectivity index (χ1) is 8.69. The summed E-state index contributed by atoms with van der Waals surface area (Å²) >= 11 is 1.13. The lowest BCUT2D eigenvalue weighted by atomic mass is 9.95. The molecule has 0 spiro atoms. The minimum Gasteiger partial charge on any atom is -0.476 e. The molecule has 6 heteroatoms. The van der Waals surface area contributed by atoms with Gasteiger partial charge in [-0.05, 0) is 25.7 Å². The molecule has 1 aliphatic carbocycles. The lowest BCUT2D eigenvalue weighted by Crippen LogP contribution is -2.27. The van der Waals surface area contributed by atoms with E-state index in [9.17, 15) is 4.79 Å². The minimum absolute atomic E-state index is 0.118. The molecule has 2 atom stereocenters. The fourth-order valence-electron chi connectivity index (χ4n) is 2.14. The van der Waals surface area contributed by atoms with Crippen LogP contribution in [0.4, 0.5) is 0 Å². The maximum absolute atomic E-state index is 10.7. The van der Waals surface area contributed by atoms with Crippen LogP contribution in [0.15, 0.2) is 5.38 Å². The number of carbonyl (C=O) groups is 1. The molecule has 0 radical (unpaired) electrons. The van der Waals surface area contributed by atoms with Crippen LogP contribution in [0.1, 0.15) is 41.2 Å². The topological polar surface area (TPSA) is 68.7 Å². The number of aromatic nitrogens is 1. The smallest absolute Gasteiger partial charge is 0.365 e. The van der Waals surface area contributed by atoms with E-state index in [1.54, 1.807) is 12.5 Å². The maximum Gasteiger partial charge on any atom is 0.365 e. The van der Waals surface area contributed by atoms with Gasteiger partial charge in [-0.3, -0.25) is 0 Å². The normalized spacial score (nSPS) is 24.1. The molecule has 0 aliphatic heterocycles. The number of methoxy groups -OCH3 is 1. The predicted octanol–water partition coefficient (Wildman–Crippen LogP) is 2.32. The maximum atomic E-state index is 10.7. The van der Waals surface area contributed by atoms with Gasteiger partial charge in [0.05, 0.1) is 24.5 Å². The van der Waals surface area contributed by atoms with Crippen molar-refractivity contribution in [1.82, 2.24) is 4.98 Å². The Balaban J connectivity index is 1.81. The molecule has 0 saturated heterocycles. The molecule has 1 fully saturated rings. The molecule has 1 heterocycles. The largest absolute Gasteiger partial charge is 0.476 e. The van der Waals surface area contributed by atoms with Crippen molar-refractivity contribution >= 4 is 17.3 Å². The zero-order valence-corrected chi connectivity index (χ0v) is 11.1. The van der Waals surface area contributed by atoms with Gasteiger partial charge in [0.2, 0.25) is 5.01 Å². The molecule has 2 unspecified atom stereocenters. The second kappa shape index (κ2) is 6.26. The summed E-state index contributed by atoms with van der Waals surface area (Å²) in [6, 6.07) is 0. The van der Waals surface area contributed by atoms with Crippen molar-refractivity contribution in [2.45, 2.75) is 44.5 Å². The van der Waals surface area contributed by atoms with Crippen molar-refractivity contribution in [2.24, 2.45) is 0 Å². The molecule has 1 saturated carbocycles. The summed E-state index contributed by atoms with van der Waals surface area (Å²) in [6.07, 6.45) is 4.63. The molecule has 0 aromatic carbocycles. The van der Waals surface area contributed by atoms with Crippen molar-refractivity contribution in [1.29, 1.82) is 0 Å². The molecule has 0 bridgehead atoms. The van der Waals surface area contributed by atoms with Crippen molar-refractivity contribution in [3.05, 3.63) is 16.1 Å². The number of aromatic carboxylic acids is 1. The molecular weight excluding hydrogens is 254 g/mol. The zero-order chi connectivity index (χ0) is 13.0. The lowest BCUT2D eigenvalue weighted by molar-refractivity contribution is -0.0370. The summed E-state index contributed by atoms with van der Waals surface area (Å²) in [7, 11) is 1.73. The lowest BCUT2D eigenvalue weighted by Gasteiger charge is -2.27. The Bertz CT molecular complexity index is 407. The predicted molar refractivity (Wildman–Crippen MR) is 66.9 cm³/mol. The standard InChI is InChI=1S/C12H17NO4S/c1-16-9-3-2-4-10(5-9)17-6-8-7-18-11(13-8)12(14)15/h7,9-10H,2-6H2,1H3,(H,14,15). The minimum atomic E-state index is -0.983. The van der Waals surface area contributed by atoms with Gasteiger partial charge in [0.1, 0.15) is 0 Å². The highest BCUT2D eigenvalue weighted by Crippen LogP contribution is 2.24. The van der Waals surface area contributed by atoms with Crippen LogP contribution in [0.3, 0.4) is 0 Å². The van der Waals surface area contributed by atoms with Gasteiger partial charge in [-0.1, -0.05) is 0 Å². The van der Waals surface area contributed by atoms with Crippen LogP contribution in [0.2, 0.25) is 0 Å². The molecule has 2 rings (SSSR count). The van der Waals surface area contributed by atoms with E-state index < -0.39 is 5.97 Å². The highest BCUT2D eigenvalue weighted by molar-refractivity contribution is 7.11. The fraction of sp³-hybridized carbons (Fsp3) is 0.667. The summed E-state index contributed by atoms with van der Waals surface area (Å²) in [5.74, 6) is -0.983. The Labute approximate surface area is 110 Å². The first-order valence-corrected chi connectivity index (χ1v) is 6.89. The van der Waals surface area contributed by atoms with Crippen molar-refractivity contribution in [3.63, 3.8) is 0 Å². The van der Waals surface area contributed by atoms with Crippen LogP contribution in [0.25, 0.3) is 0 Å². The van der Waals surface area contributed by atoms with E-state index in [1.807, 2.05) is 0 Å². The molecular formula is C12H17NO4S. The number of hydrogen-bond donors (Lipinski definition) is 1. The van der Waals surface area contributed by atoms with E-state index in [1.165, 1.54) is 0 Å². The van der Waals surface area contributed by atoms with Crippen LogP contribution in [0, 0.1) is 0 Å². The number of rotatable bonds is 5. The Morgan fingerprint density at radius 2 is 2.33 bits per heavy atom. The van der Waals surface area contributed by atoms with Gasteiger partial charge >= 0.3 is 5.97 Å². The summed E-state index contributed by atoms with van der Waals surface area (Å²) in [5, 5.41) is 10.6. The molecule has 0 amide bonds. The monoisotopic (exact) mass is 271 g/mol. The van der Waals surface area contributed by atoms with Gasteiger partial charge < -0.3 is 14.6 Å². The summed E-state index contributed by atoms with van der Waals surface area (Å²) in [4.78, 5) is 14.7. The molecule has 5 nitrogen and oxygen atoms in total. The van der Waals surface area contributed by atoms with E-state index in [2.05, 4.69) is 4.98 Å². The van der Waals surface area contributed by atoms with Gasteiger partial charge in [-0.2, -0.15) is 0 Å². The molecule has 18 heavy (non-hydrogen) atoms. The highest BCUT2D eigenvalue weighted by atomic mass is 32.1. The second-order valence-corrected chi connectivity index (χ2v) is 5.26. The Hall–Kier alpha value is -0.980. The summed E-state index contributed by atoms with van der Waals surface area (Å²) in [6.45, 7) is 0.380. The third-order valence-electron chi connectivity index (χ3n) is 3.11. The van der Waals surface area contributed by atoms with Crippen LogP contribution in [-0.2, 0) is 16.1 Å². The van der Waals surface area contributed by atoms with Crippen molar-refractivity contribution in [3.8, 4) is 0 Å². The van der Waals surface area contributed by atoms with E-state index in [0.717, 1.165) is 37.0 Å². The highest BCUT2D eigenvalue weighted by Gasteiger charge is 2.22. The third-order valence-corrected chi connectivity index (χ3v) is 3.99. The average Bonchev–Trinajstić information content (AvgIpc) is 2.85. The van der Waals surface area contributed by atoms with Crippen molar-refractivity contribution < 1.29 is 19.4 Å². The Kier molecular flexibility index (Phi) is 4.68. The molecule has 100 valence electrons. The Morgan fingerprint density at radius 1 is 1.56 bits per heavy atom. The number of ether oxygens (including phenoxy) is 2. The quantitative estimate of drug-likeness (QED) is 0.890. The molecule has 1 aromatic heterocycles. The van der Waals surface area contributed by atoms with Crippen LogP contribution in [-0.4, -0.2) is 35.4 Å². The van der Waals surface area contributed by atoms with Gasteiger partial charge in [0.15, 0.2) is 0 Å². The Morgan fingerprint density at radius 3 is 3.00 bits per heavy atom. The van der Waals surface area contributed by atoms with Gasteiger partial charge in [-0.15, -0.1) is 11.3 Å². The number of hydrogen-bond acceptors (Lipinski definition) is 5. The van der Waals surface area contributed by atoms with E-state index >= 15 is 0 Å². The van der Waals surface area contributed by atoms with Crippen LogP contribution < -0.4 is 0 Å². The van der Waals surface area contributed by atoms with Gasteiger partial charge in [-0.25, -0.2) is 9.78 Å². The van der Waals surface area contributed by atoms with Crippen LogP contribution in [0.5, 0.6) is 0 Å². The van der Waals surface area contributed by atoms with Gasteiger partial charge in [0.25, 0.3) is 0 Å². The van der Waals surface area contributed by atoms with E-state index in [4.69, 9.17) is 14.6 Å². The number of nitrogens with zero attached hydrogens (tertiary/aromatic N) is 1. The second-order valence-electron chi connectivity index (χ2n) is 4.41. The molecule has 1 N–H and O–H groups in total. The van der Waals surface area contributed by atoms with E-state index in [0.29, 0.717) is 12.3 Å². The average molecular weight is 271 g/mol. The summed E-state index contributed by atoms with van der Waals surface area (Å²) < 4.78 is 11.1. The SMILES string of the molecule is COC1CCCC(OCc2csc(C(=O)O)n2)C1. The first kappa shape index (κ1) is 13.5. The molecule has 1 aromatic rings. The van der Waals surface area contributed by atoms with Gasteiger partial charge in [0, 0.05) is 12.5 Å². The first-order valence-electron chi connectivity index (χ1n) is 6.01. The number of thiazole rings is 1. The third kappa shape index (κ3) is 3.51. The zero-order valence-electron chi connectivity index (χ0n) is 10.3.